The number of esters is 1. The van der Waals surface area contributed by atoms with Crippen LogP contribution in [0.3, 0.4) is 0 Å². The highest BCUT2D eigenvalue weighted by Crippen LogP contribution is 2.18. The quantitative estimate of drug-likeness (QED) is 0.323. The first-order valence-corrected chi connectivity index (χ1v) is 8.23. The smallest absolute Gasteiger partial charge is 0.343 e. The van der Waals surface area contributed by atoms with E-state index < -0.39 is 5.97 Å². The van der Waals surface area contributed by atoms with E-state index in [1.807, 2.05) is 12.1 Å². The average Bonchev–Trinajstić information content (AvgIpc) is 2.63. The van der Waals surface area contributed by atoms with E-state index in [0.717, 1.165) is 11.3 Å². The van der Waals surface area contributed by atoms with Crippen molar-refractivity contribution in [2.45, 2.75) is 0 Å². The first-order valence-electron chi connectivity index (χ1n) is 7.47. The number of carbonyl (C=O) groups is 1. The van der Waals surface area contributed by atoms with Gasteiger partial charge in [-0.15, -0.1) is 0 Å². The number of benzene rings is 3. The normalized spacial score (nSPS) is 10.8. The lowest BCUT2D eigenvalue weighted by molar-refractivity contribution is 0.0735. The molecule has 0 spiro atoms. The van der Waals surface area contributed by atoms with Crippen molar-refractivity contribution in [3.05, 3.63) is 94.0 Å². The van der Waals surface area contributed by atoms with Crippen molar-refractivity contribution in [1.82, 2.24) is 0 Å². The summed E-state index contributed by atoms with van der Waals surface area (Å²) in [5.74, 6) is 0.0197. The third kappa shape index (κ3) is 4.92. The number of ether oxygens (including phenoxy) is 1. The van der Waals surface area contributed by atoms with Gasteiger partial charge in [0.05, 0.1) is 11.3 Å². The van der Waals surface area contributed by atoms with Crippen LogP contribution in [0.4, 0.5) is 5.69 Å². The summed E-state index contributed by atoms with van der Waals surface area (Å²) in [4.78, 5) is 16.5. The van der Waals surface area contributed by atoms with E-state index in [9.17, 15) is 4.79 Å². The van der Waals surface area contributed by atoms with Gasteiger partial charge in [-0.3, -0.25) is 4.99 Å². The molecule has 0 aliphatic rings. The Bertz CT molecular complexity index is 886. The number of hydrogen-bond acceptors (Lipinski definition) is 3. The van der Waals surface area contributed by atoms with Crippen LogP contribution in [0.2, 0.25) is 10.0 Å². The molecule has 0 amide bonds. The molecule has 0 unspecified atom stereocenters. The summed E-state index contributed by atoms with van der Waals surface area (Å²) in [5, 5.41) is 1.26. The van der Waals surface area contributed by atoms with Crippen LogP contribution in [-0.2, 0) is 0 Å². The lowest BCUT2D eigenvalue weighted by atomic mass is 10.1. The SMILES string of the molecule is O=C(Oc1ccc(Cl)cc1)c1ccc(C=Nc2ccc(Cl)cc2)cc1. The van der Waals surface area contributed by atoms with Crippen LogP contribution in [0.15, 0.2) is 77.8 Å². The Labute approximate surface area is 155 Å². The Morgan fingerprint density at radius 3 is 1.96 bits per heavy atom. The molecule has 3 aromatic carbocycles. The number of hydrogen-bond donors (Lipinski definition) is 0. The molecule has 0 bridgehead atoms. The first kappa shape index (κ1) is 17.2. The lowest BCUT2D eigenvalue weighted by Gasteiger charge is -2.04. The van der Waals surface area contributed by atoms with Crippen molar-refractivity contribution in [2.75, 3.05) is 0 Å². The fraction of sp³-hybridized carbons (Fsp3) is 0. The van der Waals surface area contributed by atoms with E-state index in [1.165, 1.54) is 0 Å². The Morgan fingerprint density at radius 1 is 0.800 bits per heavy atom. The highest BCUT2D eigenvalue weighted by molar-refractivity contribution is 6.30. The molecule has 124 valence electrons. The largest absolute Gasteiger partial charge is 0.423 e. The summed E-state index contributed by atoms with van der Waals surface area (Å²) in [7, 11) is 0. The van der Waals surface area contributed by atoms with Gasteiger partial charge in [0, 0.05) is 16.3 Å². The van der Waals surface area contributed by atoms with Gasteiger partial charge in [0.15, 0.2) is 0 Å². The van der Waals surface area contributed by atoms with E-state index in [-0.39, 0.29) is 0 Å². The van der Waals surface area contributed by atoms with E-state index >= 15 is 0 Å². The zero-order valence-electron chi connectivity index (χ0n) is 13.0. The third-order valence-corrected chi connectivity index (χ3v) is 3.86. The van der Waals surface area contributed by atoms with Crippen LogP contribution in [0.5, 0.6) is 5.75 Å². The number of halogens is 2. The maximum atomic E-state index is 12.1. The fourth-order valence-corrected chi connectivity index (χ4v) is 2.30. The maximum absolute atomic E-state index is 12.1. The lowest BCUT2D eigenvalue weighted by Crippen LogP contribution is -2.08. The van der Waals surface area contributed by atoms with Crippen molar-refractivity contribution >= 4 is 41.1 Å². The molecule has 0 aliphatic carbocycles. The van der Waals surface area contributed by atoms with Crippen LogP contribution in [0.25, 0.3) is 0 Å². The topological polar surface area (TPSA) is 38.7 Å². The minimum Gasteiger partial charge on any atom is -0.423 e. The molecule has 0 saturated carbocycles. The minimum atomic E-state index is -0.427. The van der Waals surface area contributed by atoms with Crippen LogP contribution < -0.4 is 4.74 Å². The molecule has 0 N–H and O–H groups in total. The summed E-state index contributed by atoms with van der Waals surface area (Å²) in [6.07, 6.45) is 1.72. The van der Waals surface area contributed by atoms with Gasteiger partial charge in [0.2, 0.25) is 0 Å². The van der Waals surface area contributed by atoms with Crippen LogP contribution >= 0.6 is 23.2 Å². The van der Waals surface area contributed by atoms with Crippen molar-refractivity contribution < 1.29 is 9.53 Å². The van der Waals surface area contributed by atoms with Crippen molar-refractivity contribution in [2.24, 2.45) is 4.99 Å². The van der Waals surface area contributed by atoms with E-state index in [2.05, 4.69) is 4.99 Å². The van der Waals surface area contributed by atoms with E-state index in [4.69, 9.17) is 27.9 Å². The molecular formula is C20H13Cl2NO2. The predicted octanol–water partition coefficient (Wildman–Crippen LogP) is 5.96. The average molecular weight is 370 g/mol. The van der Waals surface area contributed by atoms with Gasteiger partial charge in [0.25, 0.3) is 0 Å². The molecule has 0 aromatic heterocycles. The summed E-state index contributed by atoms with van der Waals surface area (Å²) < 4.78 is 5.29. The maximum Gasteiger partial charge on any atom is 0.343 e. The highest BCUT2D eigenvalue weighted by atomic mass is 35.5. The molecule has 0 fully saturated rings. The van der Waals surface area contributed by atoms with Gasteiger partial charge in [-0.2, -0.15) is 0 Å². The fourth-order valence-electron chi connectivity index (χ4n) is 2.05. The van der Waals surface area contributed by atoms with Crippen LogP contribution in [-0.4, -0.2) is 12.2 Å². The Balaban J connectivity index is 1.66. The molecule has 0 heterocycles. The third-order valence-electron chi connectivity index (χ3n) is 3.36. The summed E-state index contributed by atoms with van der Waals surface area (Å²) in [6, 6.07) is 20.8. The molecular weight excluding hydrogens is 357 g/mol. The second kappa shape index (κ2) is 7.97. The molecule has 3 rings (SSSR count). The summed E-state index contributed by atoms with van der Waals surface area (Å²) in [5.41, 5.74) is 2.13. The summed E-state index contributed by atoms with van der Waals surface area (Å²) >= 11 is 11.6. The Kier molecular flexibility index (Phi) is 5.49. The first-order chi connectivity index (χ1) is 12.1. The van der Waals surface area contributed by atoms with Gasteiger partial charge < -0.3 is 4.74 Å². The van der Waals surface area contributed by atoms with Gasteiger partial charge in [-0.1, -0.05) is 35.3 Å². The van der Waals surface area contributed by atoms with E-state index in [0.29, 0.717) is 21.4 Å². The number of aliphatic imine (C=N–C) groups is 1. The molecule has 5 heteroatoms. The highest BCUT2D eigenvalue weighted by Gasteiger charge is 2.08. The number of rotatable bonds is 4. The van der Waals surface area contributed by atoms with Crippen LogP contribution in [0, 0.1) is 0 Å². The standard InChI is InChI=1S/C20H13Cl2NO2/c21-16-5-9-18(10-6-16)23-13-14-1-3-15(4-2-14)20(24)25-19-11-7-17(22)8-12-19/h1-13H. The number of nitrogens with zero attached hydrogens (tertiary/aromatic N) is 1. The Hall–Kier alpha value is -2.62. The van der Waals surface area contributed by atoms with Crippen molar-refractivity contribution in [1.29, 1.82) is 0 Å². The van der Waals surface area contributed by atoms with Gasteiger partial charge >= 0.3 is 5.97 Å². The zero-order valence-corrected chi connectivity index (χ0v) is 14.5. The van der Waals surface area contributed by atoms with Gasteiger partial charge in [-0.05, 0) is 66.2 Å². The zero-order chi connectivity index (χ0) is 17.6. The van der Waals surface area contributed by atoms with Crippen molar-refractivity contribution in [3.8, 4) is 5.75 Å². The molecule has 25 heavy (non-hydrogen) atoms. The molecule has 0 aliphatic heterocycles. The predicted molar refractivity (Wildman–Crippen MR) is 102 cm³/mol. The molecule has 3 nitrogen and oxygen atoms in total. The van der Waals surface area contributed by atoms with Gasteiger partial charge in [0.1, 0.15) is 5.75 Å². The second-order valence-electron chi connectivity index (χ2n) is 5.20. The molecule has 3 aromatic rings. The van der Waals surface area contributed by atoms with Crippen LogP contribution in [0.1, 0.15) is 15.9 Å². The number of carbonyl (C=O) groups excluding carboxylic acids is 1. The molecule has 0 radical (unpaired) electrons. The molecule has 0 saturated heterocycles. The minimum absolute atomic E-state index is 0.427. The van der Waals surface area contributed by atoms with E-state index in [1.54, 1.807) is 66.9 Å². The van der Waals surface area contributed by atoms with Gasteiger partial charge in [-0.25, -0.2) is 4.79 Å². The monoisotopic (exact) mass is 369 g/mol. The second-order valence-corrected chi connectivity index (χ2v) is 6.07. The summed E-state index contributed by atoms with van der Waals surface area (Å²) in [6.45, 7) is 0. The van der Waals surface area contributed by atoms with Crippen molar-refractivity contribution in [3.63, 3.8) is 0 Å². The molecule has 0 atom stereocenters. The Morgan fingerprint density at radius 2 is 1.36 bits per heavy atom.